The lowest BCUT2D eigenvalue weighted by molar-refractivity contribution is -0.147. The topological polar surface area (TPSA) is 55.4 Å². The summed E-state index contributed by atoms with van der Waals surface area (Å²) in [7, 11) is 1.22. The molecule has 0 aromatic heterocycles. The predicted molar refractivity (Wildman–Crippen MR) is 69.2 cm³/mol. The molecule has 0 aliphatic heterocycles. The highest BCUT2D eigenvalue weighted by Gasteiger charge is 2.35. The molecule has 0 heterocycles. The maximum absolute atomic E-state index is 13.1. The highest BCUT2D eigenvalue weighted by Crippen LogP contribution is 2.16. The summed E-state index contributed by atoms with van der Waals surface area (Å²) in [6.45, 7) is 3.38. The van der Waals surface area contributed by atoms with E-state index < -0.39 is 29.0 Å². The summed E-state index contributed by atoms with van der Waals surface area (Å²) in [5, 5.41) is 2.51. The number of methoxy groups -OCH3 is 1. The number of benzene rings is 1. The second-order valence-electron chi connectivity index (χ2n) is 4.66. The van der Waals surface area contributed by atoms with Crippen molar-refractivity contribution in [3.05, 3.63) is 35.4 Å². The van der Waals surface area contributed by atoms with E-state index in [-0.39, 0.29) is 5.56 Å². The first kappa shape index (κ1) is 16.1. The second kappa shape index (κ2) is 6.45. The highest BCUT2D eigenvalue weighted by molar-refractivity contribution is 5.98. The van der Waals surface area contributed by atoms with Crippen molar-refractivity contribution in [2.45, 2.75) is 32.2 Å². The Hall–Kier alpha value is -1.98. The molecule has 0 bridgehead atoms. The number of nitrogens with one attached hydrogen (secondary N) is 1. The Morgan fingerprint density at radius 2 is 1.95 bits per heavy atom. The van der Waals surface area contributed by atoms with Gasteiger partial charge in [-0.1, -0.05) is 13.3 Å². The zero-order valence-electron chi connectivity index (χ0n) is 11.6. The van der Waals surface area contributed by atoms with Gasteiger partial charge in [0.05, 0.1) is 7.11 Å². The number of carbonyl (C=O) groups is 2. The molecule has 1 unspecified atom stereocenters. The minimum atomic E-state index is -1.20. The number of ether oxygens (including phenoxy) is 1. The average Bonchev–Trinajstić information content (AvgIpc) is 2.40. The van der Waals surface area contributed by atoms with E-state index in [2.05, 4.69) is 10.1 Å². The molecule has 0 spiro atoms. The van der Waals surface area contributed by atoms with Crippen molar-refractivity contribution in [1.82, 2.24) is 5.32 Å². The van der Waals surface area contributed by atoms with E-state index in [0.29, 0.717) is 12.8 Å². The highest BCUT2D eigenvalue weighted by atomic mass is 19.2. The summed E-state index contributed by atoms with van der Waals surface area (Å²) in [4.78, 5) is 23.8. The van der Waals surface area contributed by atoms with Crippen LogP contribution in [0, 0.1) is 11.6 Å². The van der Waals surface area contributed by atoms with Crippen LogP contribution in [-0.4, -0.2) is 24.5 Å². The molecule has 0 saturated carbocycles. The lowest BCUT2D eigenvalue weighted by Crippen LogP contribution is -2.52. The van der Waals surface area contributed by atoms with Crippen LogP contribution in [0.3, 0.4) is 0 Å². The molecular weight excluding hydrogens is 268 g/mol. The van der Waals surface area contributed by atoms with Crippen molar-refractivity contribution < 1.29 is 23.1 Å². The van der Waals surface area contributed by atoms with E-state index in [1.54, 1.807) is 0 Å². The monoisotopic (exact) mass is 285 g/mol. The van der Waals surface area contributed by atoms with Crippen LogP contribution < -0.4 is 5.32 Å². The van der Waals surface area contributed by atoms with Crippen LogP contribution in [0.2, 0.25) is 0 Å². The molecule has 4 nitrogen and oxygen atoms in total. The van der Waals surface area contributed by atoms with Crippen molar-refractivity contribution in [2.75, 3.05) is 7.11 Å². The molecular formula is C14H17F2NO3. The number of rotatable bonds is 5. The number of carbonyl (C=O) groups excluding carboxylic acids is 2. The number of hydrogen-bond acceptors (Lipinski definition) is 3. The fraction of sp³-hybridized carbons (Fsp3) is 0.429. The Morgan fingerprint density at radius 3 is 2.45 bits per heavy atom. The van der Waals surface area contributed by atoms with E-state index in [4.69, 9.17) is 0 Å². The molecule has 1 aromatic rings. The van der Waals surface area contributed by atoms with Gasteiger partial charge in [0.2, 0.25) is 0 Å². The minimum absolute atomic E-state index is 0.0601. The van der Waals surface area contributed by atoms with Crippen molar-refractivity contribution in [3.8, 4) is 0 Å². The lowest BCUT2D eigenvalue weighted by Gasteiger charge is -2.27. The van der Waals surface area contributed by atoms with Crippen LogP contribution in [0.1, 0.15) is 37.0 Å². The molecule has 1 aromatic carbocycles. The molecule has 20 heavy (non-hydrogen) atoms. The van der Waals surface area contributed by atoms with Gasteiger partial charge in [0.1, 0.15) is 5.54 Å². The van der Waals surface area contributed by atoms with Gasteiger partial charge in [0.25, 0.3) is 5.91 Å². The van der Waals surface area contributed by atoms with Crippen LogP contribution in [0.15, 0.2) is 18.2 Å². The van der Waals surface area contributed by atoms with Crippen molar-refractivity contribution >= 4 is 11.9 Å². The Labute approximate surface area is 116 Å². The van der Waals surface area contributed by atoms with Gasteiger partial charge < -0.3 is 10.1 Å². The molecule has 0 aliphatic rings. The van der Waals surface area contributed by atoms with Gasteiger partial charge in [0.15, 0.2) is 11.6 Å². The molecule has 0 radical (unpaired) electrons. The van der Waals surface area contributed by atoms with Crippen molar-refractivity contribution in [2.24, 2.45) is 0 Å². The predicted octanol–water partition coefficient (Wildman–Crippen LogP) is 2.43. The third kappa shape index (κ3) is 3.53. The summed E-state index contributed by atoms with van der Waals surface area (Å²) < 4.78 is 30.6. The zero-order valence-corrected chi connectivity index (χ0v) is 11.6. The first-order chi connectivity index (χ1) is 9.34. The standard InChI is InChI=1S/C14H17F2NO3/c1-4-7-14(2,13(19)20-3)17-12(18)9-5-6-10(15)11(16)8-9/h5-6,8H,4,7H2,1-3H3,(H,17,18). The van der Waals surface area contributed by atoms with Crippen LogP contribution in [0.25, 0.3) is 0 Å². The zero-order chi connectivity index (χ0) is 15.3. The molecule has 0 aliphatic carbocycles. The van der Waals surface area contributed by atoms with E-state index in [9.17, 15) is 18.4 Å². The number of amides is 1. The molecule has 1 N–H and O–H groups in total. The Bertz CT molecular complexity index is 519. The average molecular weight is 285 g/mol. The van der Waals surface area contributed by atoms with E-state index >= 15 is 0 Å². The molecule has 1 amide bonds. The number of hydrogen-bond donors (Lipinski definition) is 1. The molecule has 0 fully saturated rings. The van der Waals surface area contributed by atoms with Gasteiger partial charge in [-0.05, 0) is 31.5 Å². The summed E-state index contributed by atoms with van der Waals surface area (Å²) in [6.07, 6.45) is 1.01. The third-order valence-corrected chi connectivity index (χ3v) is 2.96. The van der Waals surface area contributed by atoms with Gasteiger partial charge in [-0.15, -0.1) is 0 Å². The number of halogens is 2. The van der Waals surface area contributed by atoms with E-state index in [1.165, 1.54) is 14.0 Å². The van der Waals surface area contributed by atoms with Crippen molar-refractivity contribution in [3.63, 3.8) is 0 Å². The first-order valence-corrected chi connectivity index (χ1v) is 6.20. The summed E-state index contributed by atoms with van der Waals surface area (Å²) in [5.41, 5.74) is -1.26. The van der Waals surface area contributed by atoms with Crippen LogP contribution in [-0.2, 0) is 9.53 Å². The lowest BCUT2D eigenvalue weighted by atomic mass is 9.95. The maximum atomic E-state index is 13.1. The molecule has 6 heteroatoms. The second-order valence-corrected chi connectivity index (χ2v) is 4.66. The Kier molecular flexibility index (Phi) is 5.19. The molecule has 0 saturated heterocycles. The molecule has 1 rings (SSSR count). The largest absolute Gasteiger partial charge is 0.467 e. The van der Waals surface area contributed by atoms with E-state index in [0.717, 1.165) is 18.2 Å². The van der Waals surface area contributed by atoms with Crippen LogP contribution in [0.5, 0.6) is 0 Å². The normalized spacial score (nSPS) is 13.4. The number of esters is 1. The molecule has 1 atom stereocenters. The van der Waals surface area contributed by atoms with Gasteiger partial charge in [0, 0.05) is 5.56 Å². The summed E-state index contributed by atoms with van der Waals surface area (Å²) in [6, 6.07) is 2.80. The van der Waals surface area contributed by atoms with E-state index in [1.807, 2.05) is 6.92 Å². The van der Waals surface area contributed by atoms with Crippen LogP contribution in [0.4, 0.5) is 8.78 Å². The smallest absolute Gasteiger partial charge is 0.331 e. The first-order valence-electron chi connectivity index (χ1n) is 6.20. The quantitative estimate of drug-likeness (QED) is 0.845. The van der Waals surface area contributed by atoms with Gasteiger partial charge in [-0.25, -0.2) is 13.6 Å². The Morgan fingerprint density at radius 1 is 1.30 bits per heavy atom. The van der Waals surface area contributed by atoms with Gasteiger partial charge >= 0.3 is 5.97 Å². The van der Waals surface area contributed by atoms with Gasteiger partial charge in [-0.2, -0.15) is 0 Å². The van der Waals surface area contributed by atoms with Crippen molar-refractivity contribution in [1.29, 1.82) is 0 Å². The molecule has 110 valence electrons. The third-order valence-electron chi connectivity index (χ3n) is 2.96. The van der Waals surface area contributed by atoms with Crippen LogP contribution >= 0.6 is 0 Å². The minimum Gasteiger partial charge on any atom is -0.467 e. The fourth-order valence-corrected chi connectivity index (χ4v) is 1.90. The summed E-state index contributed by atoms with van der Waals surface area (Å²) in [5.74, 6) is -3.40. The van der Waals surface area contributed by atoms with Gasteiger partial charge in [-0.3, -0.25) is 4.79 Å². The maximum Gasteiger partial charge on any atom is 0.331 e. The fourth-order valence-electron chi connectivity index (χ4n) is 1.90. The Balaban J connectivity index is 2.96. The summed E-state index contributed by atoms with van der Waals surface area (Å²) >= 11 is 0. The SMILES string of the molecule is CCCC(C)(NC(=O)c1ccc(F)c(F)c1)C(=O)OC.